The van der Waals surface area contributed by atoms with Gasteiger partial charge in [-0.2, -0.15) is 4.98 Å². The van der Waals surface area contributed by atoms with E-state index in [0.29, 0.717) is 18.1 Å². The number of aromatic nitrogens is 2. The Hall–Kier alpha value is -1.36. The van der Waals surface area contributed by atoms with Crippen LogP contribution in [0.15, 0.2) is 0 Å². The zero-order valence-electron chi connectivity index (χ0n) is 7.33. The van der Waals surface area contributed by atoms with Crippen LogP contribution in [0.3, 0.4) is 0 Å². The summed E-state index contributed by atoms with van der Waals surface area (Å²) in [6.45, 7) is 0. The summed E-state index contributed by atoms with van der Waals surface area (Å²) >= 11 is 5.74. The number of nitrogens with two attached hydrogens (primary N) is 1. The fourth-order valence-corrected chi connectivity index (χ4v) is 1.31. The van der Waals surface area contributed by atoms with Crippen molar-refractivity contribution in [1.82, 2.24) is 9.97 Å². The maximum absolute atomic E-state index is 10.7. The second kappa shape index (κ2) is 3.42. The molecule has 0 spiro atoms. The van der Waals surface area contributed by atoms with Crippen LogP contribution in [0.4, 0.5) is 11.8 Å². The van der Waals surface area contributed by atoms with E-state index >= 15 is 0 Å². The van der Waals surface area contributed by atoms with Crippen molar-refractivity contribution in [3.8, 4) is 0 Å². The Balaban J connectivity index is 2.37. The first kappa shape index (κ1) is 9.21. The zero-order valence-corrected chi connectivity index (χ0v) is 8.08. The van der Waals surface area contributed by atoms with Gasteiger partial charge in [-0.3, -0.25) is 4.79 Å². The summed E-state index contributed by atoms with van der Waals surface area (Å²) in [6.07, 6.45) is 2.80. The normalized spacial score (nSPS) is 15.2. The van der Waals surface area contributed by atoms with Gasteiger partial charge in [-0.25, -0.2) is 4.98 Å². The lowest BCUT2D eigenvalue weighted by Gasteiger charge is -2.07. The molecule has 0 aliphatic heterocycles. The third kappa shape index (κ3) is 1.77. The molecule has 1 aromatic heterocycles. The number of nitrogen functional groups attached to an aromatic ring is 1. The molecule has 6 heteroatoms. The van der Waals surface area contributed by atoms with Crippen molar-refractivity contribution < 1.29 is 4.79 Å². The van der Waals surface area contributed by atoms with Gasteiger partial charge in [0.2, 0.25) is 5.95 Å². The third-order valence-electron chi connectivity index (χ3n) is 1.95. The smallest absolute Gasteiger partial charge is 0.223 e. The highest BCUT2D eigenvalue weighted by atomic mass is 35.5. The molecule has 0 radical (unpaired) electrons. The lowest BCUT2D eigenvalue weighted by Crippen LogP contribution is -2.09. The molecule has 0 aromatic carbocycles. The Morgan fingerprint density at radius 1 is 1.50 bits per heavy atom. The van der Waals surface area contributed by atoms with Crippen LogP contribution in [0, 0.1) is 0 Å². The van der Waals surface area contributed by atoms with E-state index in [4.69, 9.17) is 17.3 Å². The second-order valence-corrected chi connectivity index (χ2v) is 3.53. The molecule has 0 bridgehead atoms. The average molecular weight is 213 g/mol. The summed E-state index contributed by atoms with van der Waals surface area (Å²) in [7, 11) is 0. The van der Waals surface area contributed by atoms with Crippen LogP contribution in [0.5, 0.6) is 0 Å². The molecule has 0 unspecified atom stereocenters. The fraction of sp³-hybridized carbons (Fsp3) is 0.375. The monoisotopic (exact) mass is 212 g/mol. The van der Waals surface area contributed by atoms with Crippen LogP contribution in [0.25, 0.3) is 0 Å². The fourth-order valence-electron chi connectivity index (χ4n) is 1.09. The zero-order chi connectivity index (χ0) is 10.1. The lowest BCUT2D eigenvalue weighted by molar-refractivity contribution is 0.112. The van der Waals surface area contributed by atoms with Gasteiger partial charge < -0.3 is 11.1 Å². The molecule has 1 saturated carbocycles. The van der Waals surface area contributed by atoms with E-state index in [1.807, 2.05) is 0 Å². The molecule has 0 atom stereocenters. The van der Waals surface area contributed by atoms with E-state index < -0.39 is 0 Å². The average Bonchev–Trinajstić information content (AvgIpc) is 2.87. The Morgan fingerprint density at radius 2 is 2.21 bits per heavy atom. The number of hydrogen-bond acceptors (Lipinski definition) is 5. The number of nitrogens with one attached hydrogen (secondary N) is 1. The molecular weight excluding hydrogens is 204 g/mol. The highest BCUT2D eigenvalue weighted by Crippen LogP contribution is 2.27. The molecule has 14 heavy (non-hydrogen) atoms. The third-order valence-corrected chi connectivity index (χ3v) is 2.24. The largest absolute Gasteiger partial charge is 0.368 e. The molecule has 2 rings (SSSR count). The molecule has 1 aliphatic rings. The number of carbonyl (C=O) groups excluding carboxylic acids is 1. The van der Waals surface area contributed by atoms with Crippen LogP contribution in [-0.4, -0.2) is 22.3 Å². The van der Waals surface area contributed by atoms with Crippen molar-refractivity contribution in [3.63, 3.8) is 0 Å². The van der Waals surface area contributed by atoms with E-state index in [-0.39, 0.29) is 16.7 Å². The van der Waals surface area contributed by atoms with Gasteiger partial charge in [0.25, 0.3) is 0 Å². The van der Waals surface area contributed by atoms with Gasteiger partial charge in [0.1, 0.15) is 11.0 Å². The van der Waals surface area contributed by atoms with Gasteiger partial charge in [0.05, 0.1) is 5.56 Å². The van der Waals surface area contributed by atoms with Gasteiger partial charge in [-0.1, -0.05) is 11.6 Å². The number of nitrogens with zero attached hydrogens (tertiary/aromatic N) is 2. The van der Waals surface area contributed by atoms with Crippen LogP contribution in [0.1, 0.15) is 23.2 Å². The van der Waals surface area contributed by atoms with Gasteiger partial charge in [0, 0.05) is 6.04 Å². The molecule has 0 saturated heterocycles. The number of hydrogen-bond donors (Lipinski definition) is 2. The summed E-state index contributed by atoms with van der Waals surface area (Å²) in [5, 5.41) is 3.16. The Morgan fingerprint density at radius 3 is 2.79 bits per heavy atom. The number of halogens is 1. The summed E-state index contributed by atoms with van der Waals surface area (Å²) in [4.78, 5) is 18.3. The van der Waals surface area contributed by atoms with E-state index in [1.165, 1.54) is 0 Å². The Bertz CT molecular complexity index is 378. The van der Waals surface area contributed by atoms with Crippen LogP contribution in [0.2, 0.25) is 5.15 Å². The van der Waals surface area contributed by atoms with E-state index in [0.717, 1.165) is 12.8 Å². The standard InChI is InChI=1S/C8H9ClN4O/c9-6-5(3-14)7(11-4-1-2-4)13-8(10)12-6/h3-4H,1-2H2,(H3,10,11,12,13). The maximum Gasteiger partial charge on any atom is 0.223 e. The quantitative estimate of drug-likeness (QED) is 0.579. The molecule has 1 aromatic rings. The molecular formula is C8H9ClN4O. The van der Waals surface area contributed by atoms with Crippen LogP contribution in [-0.2, 0) is 0 Å². The highest BCUT2D eigenvalue weighted by molar-refractivity contribution is 6.32. The van der Waals surface area contributed by atoms with Crippen molar-refractivity contribution >= 4 is 29.7 Å². The van der Waals surface area contributed by atoms with Crippen molar-refractivity contribution in [2.45, 2.75) is 18.9 Å². The van der Waals surface area contributed by atoms with E-state index in [2.05, 4.69) is 15.3 Å². The number of anilines is 2. The topological polar surface area (TPSA) is 80.9 Å². The van der Waals surface area contributed by atoms with Gasteiger partial charge in [0.15, 0.2) is 6.29 Å². The molecule has 74 valence electrons. The molecule has 1 heterocycles. The van der Waals surface area contributed by atoms with Crippen molar-refractivity contribution in [2.75, 3.05) is 11.1 Å². The predicted octanol–water partition coefficient (Wildman–Crippen LogP) is 1.10. The van der Waals surface area contributed by atoms with Crippen molar-refractivity contribution in [1.29, 1.82) is 0 Å². The van der Waals surface area contributed by atoms with Gasteiger partial charge >= 0.3 is 0 Å². The Labute approximate surface area is 85.7 Å². The highest BCUT2D eigenvalue weighted by Gasteiger charge is 2.23. The lowest BCUT2D eigenvalue weighted by atomic mass is 10.3. The summed E-state index contributed by atoms with van der Waals surface area (Å²) < 4.78 is 0. The number of carbonyl (C=O) groups is 1. The SMILES string of the molecule is Nc1nc(Cl)c(C=O)c(NC2CC2)n1. The molecule has 1 fully saturated rings. The van der Waals surface area contributed by atoms with Crippen molar-refractivity contribution in [2.24, 2.45) is 0 Å². The van der Waals surface area contributed by atoms with Crippen molar-refractivity contribution in [3.05, 3.63) is 10.7 Å². The van der Waals surface area contributed by atoms with Crippen LogP contribution >= 0.6 is 11.6 Å². The van der Waals surface area contributed by atoms with Crippen LogP contribution < -0.4 is 11.1 Å². The molecule has 1 aliphatic carbocycles. The molecule has 0 amide bonds. The molecule has 5 nitrogen and oxygen atoms in total. The second-order valence-electron chi connectivity index (χ2n) is 3.17. The number of rotatable bonds is 3. The first-order chi connectivity index (χ1) is 6.70. The number of aldehydes is 1. The van der Waals surface area contributed by atoms with Gasteiger partial charge in [-0.05, 0) is 12.8 Å². The van der Waals surface area contributed by atoms with E-state index in [1.54, 1.807) is 0 Å². The molecule has 3 N–H and O–H groups in total. The minimum atomic E-state index is 0.0729. The predicted molar refractivity (Wildman–Crippen MR) is 53.5 cm³/mol. The first-order valence-electron chi connectivity index (χ1n) is 4.25. The summed E-state index contributed by atoms with van der Waals surface area (Å²) in [5.74, 6) is 0.503. The minimum Gasteiger partial charge on any atom is -0.368 e. The van der Waals surface area contributed by atoms with Gasteiger partial charge in [-0.15, -0.1) is 0 Å². The Kier molecular flexibility index (Phi) is 2.25. The maximum atomic E-state index is 10.7. The minimum absolute atomic E-state index is 0.0729. The first-order valence-corrected chi connectivity index (χ1v) is 4.63. The summed E-state index contributed by atoms with van der Waals surface area (Å²) in [5.41, 5.74) is 5.69. The summed E-state index contributed by atoms with van der Waals surface area (Å²) in [6, 6.07) is 0.388. The van der Waals surface area contributed by atoms with E-state index in [9.17, 15) is 4.79 Å².